The van der Waals surface area contributed by atoms with Crippen LogP contribution in [0.4, 0.5) is 39.5 Å². The van der Waals surface area contributed by atoms with Crippen molar-refractivity contribution in [3.8, 4) is 5.88 Å². The molecule has 0 saturated carbocycles. The third-order valence-electron chi connectivity index (χ3n) is 5.92. The van der Waals surface area contributed by atoms with E-state index in [4.69, 9.17) is 9.47 Å². The zero-order chi connectivity index (χ0) is 31.1. The van der Waals surface area contributed by atoms with E-state index < -0.39 is 40.8 Å². The topological polar surface area (TPSA) is 123 Å². The standard InChI is InChI=1S/C29H32F4N4O5/c1-28(2,3)42-27(40)37-23-12-13-24(41-4)35-22(23)9-7-5-6-8-17-14-19(30)10-11-21(17)36-25-20(26(38)39)15-18(16-34-25)29(31,32)33/h10-16H,5-9H2,1-4H3,(H,34,36)(H,37,40)(H,38,39). The number of hydrogen-bond acceptors (Lipinski definition) is 7. The zero-order valence-electron chi connectivity index (χ0n) is 23.6. The van der Waals surface area contributed by atoms with Gasteiger partial charge in [0, 0.05) is 18.0 Å². The van der Waals surface area contributed by atoms with Crippen molar-refractivity contribution < 1.29 is 41.7 Å². The van der Waals surface area contributed by atoms with Crippen LogP contribution in [-0.2, 0) is 23.8 Å². The van der Waals surface area contributed by atoms with Crippen LogP contribution >= 0.6 is 0 Å². The molecule has 0 atom stereocenters. The third kappa shape index (κ3) is 9.32. The maximum absolute atomic E-state index is 14.1. The summed E-state index contributed by atoms with van der Waals surface area (Å²) in [6.07, 6.45) is -2.02. The SMILES string of the molecule is COc1ccc(NC(=O)OC(C)(C)C)c(CCCCCc2cc(F)ccc2Nc2ncc(C(F)(F)F)cc2C(=O)O)n1. The van der Waals surface area contributed by atoms with Gasteiger partial charge in [-0.3, -0.25) is 5.32 Å². The number of carboxylic acid groups (broad SMARTS) is 1. The van der Waals surface area contributed by atoms with Crippen LogP contribution in [0.25, 0.3) is 0 Å². The number of aromatic nitrogens is 2. The first-order valence-electron chi connectivity index (χ1n) is 13.1. The number of aromatic carboxylic acids is 1. The summed E-state index contributed by atoms with van der Waals surface area (Å²) < 4.78 is 63.8. The minimum Gasteiger partial charge on any atom is -0.481 e. The second-order valence-electron chi connectivity index (χ2n) is 10.4. The van der Waals surface area contributed by atoms with E-state index in [1.165, 1.54) is 19.2 Å². The summed E-state index contributed by atoms with van der Waals surface area (Å²) in [5.41, 5.74) is -0.624. The number of methoxy groups -OCH3 is 1. The molecule has 0 radical (unpaired) electrons. The lowest BCUT2D eigenvalue weighted by molar-refractivity contribution is -0.137. The lowest BCUT2D eigenvalue weighted by Crippen LogP contribution is -2.27. The van der Waals surface area contributed by atoms with Gasteiger partial charge in [0.05, 0.1) is 24.1 Å². The van der Waals surface area contributed by atoms with Crippen LogP contribution < -0.4 is 15.4 Å². The van der Waals surface area contributed by atoms with E-state index in [2.05, 4.69) is 20.6 Å². The molecule has 13 heteroatoms. The van der Waals surface area contributed by atoms with Crippen molar-refractivity contribution in [3.05, 3.63) is 70.8 Å². The van der Waals surface area contributed by atoms with Crippen LogP contribution in [0.3, 0.4) is 0 Å². The summed E-state index contributed by atoms with van der Waals surface area (Å²) in [6, 6.07) is 7.61. The second kappa shape index (κ2) is 13.5. The Morgan fingerprint density at radius 1 is 0.976 bits per heavy atom. The normalized spacial score (nSPS) is 11.6. The number of aryl methyl sites for hydroxylation is 2. The van der Waals surface area contributed by atoms with Gasteiger partial charge in [-0.15, -0.1) is 0 Å². The lowest BCUT2D eigenvalue weighted by Gasteiger charge is -2.20. The minimum absolute atomic E-state index is 0.294. The van der Waals surface area contributed by atoms with Gasteiger partial charge in [-0.05, 0) is 82.3 Å². The molecular weight excluding hydrogens is 560 g/mol. The van der Waals surface area contributed by atoms with Gasteiger partial charge in [0.15, 0.2) is 0 Å². The number of halogens is 4. The first kappa shape index (κ1) is 32.1. The number of nitrogens with zero attached hydrogens (tertiary/aromatic N) is 2. The first-order valence-corrected chi connectivity index (χ1v) is 13.1. The molecule has 3 aromatic rings. The minimum atomic E-state index is -4.76. The highest BCUT2D eigenvalue weighted by Gasteiger charge is 2.32. The number of rotatable bonds is 11. The summed E-state index contributed by atoms with van der Waals surface area (Å²) in [5.74, 6) is -2.02. The molecule has 42 heavy (non-hydrogen) atoms. The van der Waals surface area contributed by atoms with E-state index >= 15 is 0 Å². The molecule has 1 aromatic carbocycles. The predicted molar refractivity (Wildman–Crippen MR) is 148 cm³/mol. The fraction of sp³-hybridized carbons (Fsp3) is 0.379. The van der Waals surface area contributed by atoms with Crippen molar-refractivity contribution in [3.63, 3.8) is 0 Å². The van der Waals surface area contributed by atoms with Gasteiger partial charge in [-0.2, -0.15) is 13.2 Å². The van der Waals surface area contributed by atoms with Crippen LogP contribution in [0.1, 0.15) is 67.2 Å². The number of amides is 1. The summed E-state index contributed by atoms with van der Waals surface area (Å²) in [4.78, 5) is 32.0. The number of nitrogens with one attached hydrogen (secondary N) is 2. The Kier molecular flexibility index (Phi) is 10.3. The molecule has 0 unspecified atom stereocenters. The van der Waals surface area contributed by atoms with Crippen molar-refractivity contribution in [1.29, 1.82) is 0 Å². The largest absolute Gasteiger partial charge is 0.481 e. The number of carboxylic acids is 1. The third-order valence-corrected chi connectivity index (χ3v) is 5.92. The van der Waals surface area contributed by atoms with E-state index in [1.54, 1.807) is 32.9 Å². The Morgan fingerprint density at radius 3 is 2.31 bits per heavy atom. The molecule has 2 aromatic heterocycles. The van der Waals surface area contributed by atoms with Crippen molar-refractivity contribution in [2.45, 2.75) is 64.7 Å². The summed E-state index contributed by atoms with van der Waals surface area (Å²) >= 11 is 0. The molecule has 0 aliphatic rings. The molecule has 9 nitrogen and oxygen atoms in total. The second-order valence-corrected chi connectivity index (χ2v) is 10.4. The van der Waals surface area contributed by atoms with Gasteiger partial charge in [-0.1, -0.05) is 6.42 Å². The van der Waals surface area contributed by atoms with Gasteiger partial charge < -0.3 is 19.9 Å². The van der Waals surface area contributed by atoms with Crippen molar-refractivity contribution >= 4 is 29.3 Å². The number of alkyl halides is 3. The van der Waals surface area contributed by atoms with E-state index in [9.17, 15) is 32.3 Å². The van der Waals surface area contributed by atoms with Crippen LogP contribution in [0.5, 0.6) is 5.88 Å². The average Bonchev–Trinajstić information content (AvgIpc) is 2.89. The van der Waals surface area contributed by atoms with Gasteiger partial charge >= 0.3 is 18.2 Å². The fourth-order valence-electron chi connectivity index (χ4n) is 4.00. The number of unbranched alkanes of at least 4 members (excludes halogenated alkanes) is 2. The van der Waals surface area contributed by atoms with Crippen LogP contribution in [-0.4, -0.2) is 39.8 Å². The molecule has 0 fully saturated rings. The van der Waals surface area contributed by atoms with E-state index in [0.717, 1.165) is 6.07 Å². The van der Waals surface area contributed by atoms with Crippen LogP contribution in [0.2, 0.25) is 0 Å². The Balaban J connectivity index is 1.67. The molecule has 0 spiro atoms. The molecule has 3 rings (SSSR count). The lowest BCUT2D eigenvalue weighted by atomic mass is 10.0. The molecule has 1 amide bonds. The van der Waals surface area contributed by atoms with E-state index in [-0.39, 0.29) is 5.82 Å². The number of ether oxygens (including phenoxy) is 2. The Morgan fingerprint density at radius 2 is 1.67 bits per heavy atom. The van der Waals surface area contributed by atoms with E-state index in [0.29, 0.717) is 72.9 Å². The Bertz CT molecular complexity index is 1420. The van der Waals surface area contributed by atoms with Crippen molar-refractivity contribution in [1.82, 2.24) is 9.97 Å². The van der Waals surface area contributed by atoms with Crippen molar-refractivity contribution in [2.24, 2.45) is 0 Å². The Hall–Kier alpha value is -4.42. The molecule has 3 N–H and O–H groups in total. The summed E-state index contributed by atoms with van der Waals surface area (Å²) in [6.45, 7) is 5.26. The first-order chi connectivity index (χ1) is 19.7. The molecule has 0 aliphatic carbocycles. The molecule has 226 valence electrons. The maximum atomic E-state index is 14.1. The van der Waals surface area contributed by atoms with Crippen LogP contribution in [0, 0.1) is 5.82 Å². The van der Waals surface area contributed by atoms with Gasteiger partial charge in [0.1, 0.15) is 22.8 Å². The monoisotopic (exact) mass is 592 g/mol. The van der Waals surface area contributed by atoms with E-state index in [1.807, 2.05) is 0 Å². The smallest absolute Gasteiger partial charge is 0.417 e. The summed E-state index contributed by atoms with van der Waals surface area (Å²) in [7, 11) is 1.48. The zero-order valence-corrected chi connectivity index (χ0v) is 23.6. The maximum Gasteiger partial charge on any atom is 0.417 e. The quantitative estimate of drug-likeness (QED) is 0.156. The number of benzene rings is 1. The highest BCUT2D eigenvalue weighted by atomic mass is 19.4. The molecule has 0 bridgehead atoms. The van der Waals surface area contributed by atoms with Gasteiger partial charge in [0.25, 0.3) is 0 Å². The number of anilines is 3. The predicted octanol–water partition coefficient (Wildman–Crippen LogP) is 7.39. The van der Waals surface area contributed by atoms with Crippen molar-refractivity contribution in [2.75, 3.05) is 17.7 Å². The van der Waals surface area contributed by atoms with Gasteiger partial charge in [-0.25, -0.2) is 23.9 Å². The molecular formula is C29H32F4N4O5. The Labute approximate surface area is 240 Å². The number of pyridine rings is 2. The molecule has 0 aliphatic heterocycles. The number of hydrogen-bond donors (Lipinski definition) is 3. The van der Waals surface area contributed by atoms with Gasteiger partial charge in [0.2, 0.25) is 5.88 Å². The van der Waals surface area contributed by atoms with Crippen LogP contribution in [0.15, 0.2) is 42.6 Å². The molecule has 0 saturated heterocycles. The highest BCUT2D eigenvalue weighted by molar-refractivity contribution is 5.94. The number of carbonyl (C=O) groups is 2. The summed E-state index contributed by atoms with van der Waals surface area (Å²) in [5, 5.41) is 14.9. The average molecular weight is 593 g/mol. The molecule has 2 heterocycles. The number of carbonyl (C=O) groups excluding carboxylic acids is 1. The fourth-order valence-corrected chi connectivity index (χ4v) is 4.00. The highest BCUT2D eigenvalue weighted by Crippen LogP contribution is 2.32.